The molecule has 5 nitrogen and oxygen atoms in total. The van der Waals surface area contributed by atoms with Crippen LogP contribution in [-0.2, 0) is 19.1 Å². The molecule has 0 atom stereocenters. The van der Waals surface area contributed by atoms with Gasteiger partial charge in [0.2, 0.25) is 5.91 Å². The van der Waals surface area contributed by atoms with Crippen LogP contribution < -0.4 is 0 Å². The molecule has 0 unspecified atom stereocenters. The molecule has 0 saturated heterocycles. The second kappa shape index (κ2) is 10.1. The van der Waals surface area contributed by atoms with Crippen molar-refractivity contribution < 1.29 is 19.1 Å². The first-order valence-corrected chi connectivity index (χ1v) is 6.00. The number of hydrogen-bond acceptors (Lipinski definition) is 4. The van der Waals surface area contributed by atoms with Gasteiger partial charge < -0.3 is 14.4 Å². The Labute approximate surface area is 103 Å². The van der Waals surface area contributed by atoms with Crippen molar-refractivity contribution in [1.82, 2.24) is 4.90 Å². The summed E-state index contributed by atoms with van der Waals surface area (Å²) in [6, 6.07) is 0. The second-order valence-corrected chi connectivity index (χ2v) is 3.86. The van der Waals surface area contributed by atoms with Gasteiger partial charge in [0, 0.05) is 26.6 Å². The van der Waals surface area contributed by atoms with Crippen molar-refractivity contribution in [2.75, 3.05) is 33.9 Å². The highest BCUT2D eigenvalue weighted by Crippen LogP contribution is 1.98. The number of hydrogen-bond donors (Lipinski definition) is 0. The highest BCUT2D eigenvalue weighted by Gasteiger charge is 2.09. The van der Waals surface area contributed by atoms with Crippen molar-refractivity contribution in [2.24, 2.45) is 0 Å². The Hall–Kier alpha value is -1.10. The van der Waals surface area contributed by atoms with Gasteiger partial charge in [-0.05, 0) is 12.8 Å². The van der Waals surface area contributed by atoms with E-state index in [0.29, 0.717) is 39.0 Å². The largest absolute Gasteiger partial charge is 0.469 e. The number of methoxy groups -OCH3 is 1. The fourth-order valence-electron chi connectivity index (χ4n) is 1.28. The van der Waals surface area contributed by atoms with E-state index in [1.165, 1.54) is 7.11 Å². The van der Waals surface area contributed by atoms with E-state index in [-0.39, 0.29) is 11.9 Å². The number of amides is 1. The molecule has 100 valence electrons. The van der Waals surface area contributed by atoms with Crippen molar-refractivity contribution in [1.29, 1.82) is 0 Å². The van der Waals surface area contributed by atoms with Crippen LogP contribution in [0.1, 0.15) is 32.6 Å². The summed E-state index contributed by atoms with van der Waals surface area (Å²) in [7, 11) is 3.10. The Morgan fingerprint density at radius 3 is 2.47 bits per heavy atom. The van der Waals surface area contributed by atoms with Crippen molar-refractivity contribution in [3.8, 4) is 0 Å². The number of esters is 1. The lowest BCUT2D eigenvalue weighted by Gasteiger charge is -2.16. The molecule has 0 aromatic rings. The average molecular weight is 245 g/mol. The first-order valence-electron chi connectivity index (χ1n) is 6.00. The number of carbonyl (C=O) groups excluding carboxylic acids is 2. The Morgan fingerprint density at radius 1 is 1.18 bits per heavy atom. The summed E-state index contributed by atoms with van der Waals surface area (Å²) in [5, 5.41) is 0. The first-order chi connectivity index (χ1) is 8.11. The van der Waals surface area contributed by atoms with Crippen molar-refractivity contribution in [2.45, 2.75) is 32.6 Å². The molecule has 1 amide bonds. The fraction of sp³-hybridized carbons (Fsp3) is 0.833. The molecule has 17 heavy (non-hydrogen) atoms. The van der Waals surface area contributed by atoms with Crippen LogP contribution in [0, 0.1) is 0 Å². The SMILES string of the molecule is CCCOCCC(=O)N(C)CCCC(=O)OC. The maximum Gasteiger partial charge on any atom is 0.305 e. The van der Waals surface area contributed by atoms with E-state index in [1.807, 2.05) is 6.92 Å². The fourth-order valence-corrected chi connectivity index (χ4v) is 1.28. The molecule has 0 fully saturated rings. The van der Waals surface area contributed by atoms with E-state index in [9.17, 15) is 9.59 Å². The summed E-state index contributed by atoms with van der Waals surface area (Å²) in [5.74, 6) is -0.192. The molecule has 0 rings (SSSR count). The zero-order valence-electron chi connectivity index (χ0n) is 11.0. The summed E-state index contributed by atoms with van der Waals surface area (Å²) in [6.45, 7) is 3.76. The quantitative estimate of drug-likeness (QED) is 0.452. The molecule has 0 aromatic carbocycles. The molecule has 0 aliphatic rings. The van der Waals surface area contributed by atoms with E-state index in [2.05, 4.69) is 4.74 Å². The molecule has 0 heterocycles. The van der Waals surface area contributed by atoms with Crippen LogP contribution in [0.3, 0.4) is 0 Å². The van der Waals surface area contributed by atoms with Gasteiger partial charge in [0.05, 0.1) is 20.1 Å². The normalized spacial score (nSPS) is 10.1. The molecule has 0 N–H and O–H groups in total. The van der Waals surface area contributed by atoms with Gasteiger partial charge in [0.25, 0.3) is 0 Å². The van der Waals surface area contributed by atoms with E-state index >= 15 is 0 Å². The van der Waals surface area contributed by atoms with Crippen LogP contribution in [0.5, 0.6) is 0 Å². The van der Waals surface area contributed by atoms with E-state index < -0.39 is 0 Å². The van der Waals surface area contributed by atoms with Crippen molar-refractivity contribution >= 4 is 11.9 Å². The van der Waals surface area contributed by atoms with Gasteiger partial charge in [-0.2, -0.15) is 0 Å². The smallest absolute Gasteiger partial charge is 0.305 e. The first kappa shape index (κ1) is 15.9. The van der Waals surface area contributed by atoms with Gasteiger partial charge in [-0.1, -0.05) is 6.92 Å². The predicted octanol–water partition coefficient (Wildman–Crippen LogP) is 1.21. The third-order valence-corrected chi connectivity index (χ3v) is 2.34. The summed E-state index contributed by atoms with van der Waals surface area (Å²) < 4.78 is 9.76. The van der Waals surface area contributed by atoms with Crippen LogP contribution in [0.2, 0.25) is 0 Å². The maximum absolute atomic E-state index is 11.6. The standard InChI is InChI=1S/C12H23NO4/c1-4-9-17-10-7-11(14)13(2)8-5-6-12(15)16-3/h4-10H2,1-3H3. The molecular weight excluding hydrogens is 222 g/mol. The lowest BCUT2D eigenvalue weighted by atomic mass is 10.3. The van der Waals surface area contributed by atoms with Gasteiger partial charge in [0.1, 0.15) is 0 Å². The molecule has 0 bridgehead atoms. The summed E-state index contributed by atoms with van der Waals surface area (Å²) in [6.07, 6.45) is 2.34. The Bertz CT molecular complexity index is 231. The molecule has 0 aliphatic carbocycles. The van der Waals surface area contributed by atoms with Crippen molar-refractivity contribution in [3.63, 3.8) is 0 Å². The molecule has 0 spiro atoms. The maximum atomic E-state index is 11.6. The van der Waals surface area contributed by atoms with E-state index in [0.717, 1.165) is 6.42 Å². The summed E-state index contributed by atoms with van der Waals surface area (Å²) >= 11 is 0. The highest BCUT2D eigenvalue weighted by molar-refractivity contribution is 5.76. The number of ether oxygens (including phenoxy) is 2. The predicted molar refractivity (Wildman–Crippen MR) is 64.6 cm³/mol. The Kier molecular flexibility index (Phi) is 9.43. The van der Waals surface area contributed by atoms with Gasteiger partial charge in [-0.25, -0.2) is 0 Å². The minimum absolute atomic E-state index is 0.0472. The van der Waals surface area contributed by atoms with Crippen LogP contribution in [0.25, 0.3) is 0 Å². The Balaban J connectivity index is 3.56. The number of carbonyl (C=O) groups is 2. The molecule has 0 radical (unpaired) electrons. The lowest BCUT2D eigenvalue weighted by Crippen LogP contribution is -2.29. The third-order valence-electron chi connectivity index (χ3n) is 2.34. The monoisotopic (exact) mass is 245 g/mol. The van der Waals surface area contributed by atoms with Gasteiger partial charge >= 0.3 is 5.97 Å². The van der Waals surface area contributed by atoms with Crippen LogP contribution >= 0.6 is 0 Å². The number of rotatable bonds is 9. The van der Waals surface area contributed by atoms with Gasteiger partial charge in [-0.3, -0.25) is 9.59 Å². The minimum atomic E-state index is -0.239. The van der Waals surface area contributed by atoms with E-state index in [4.69, 9.17) is 4.74 Å². The molecule has 0 aliphatic heterocycles. The molecule has 0 saturated carbocycles. The van der Waals surface area contributed by atoms with Crippen LogP contribution in [0.15, 0.2) is 0 Å². The zero-order valence-corrected chi connectivity index (χ0v) is 11.0. The van der Waals surface area contributed by atoms with Crippen LogP contribution in [0.4, 0.5) is 0 Å². The molecular formula is C12H23NO4. The number of nitrogens with zero attached hydrogens (tertiary/aromatic N) is 1. The van der Waals surface area contributed by atoms with Crippen LogP contribution in [-0.4, -0.2) is 50.7 Å². The lowest BCUT2D eigenvalue weighted by molar-refractivity contribution is -0.141. The highest BCUT2D eigenvalue weighted by atomic mass is 16.5. The third kappa shape index (κ3) is 8.68. The topological polar surface area (TPSA) is 55.8 Å². The molecule has 0 aromatic heterocycles. The summed E-state index contributed by atoms with van der Waals surface area (Å²) in [4.78, 5) is 24.1. The van der Waals surface area contributed by atoms with Gasteiger partial charge in [-0.15, -0.1) is 0 Å². The minimum Gasteiger partial charge on any atom is -0.469 e. The second-order valence-electron chi connectivity index (χ2n) is 3.86. The average Bonchev–Trinajstić information content (AvgIpc) is 2.33. The summed E-state index contributed by atoms with van der Waals surface area (Å²) in [5.41, 5.74) is 0. The Morgan fingerprint density at radius 2 is 1.88 bits per heavy atom. The van der Waals surface area contributed by atoms with E-state index in [1.54, 1.807) is 11.9 Å². The van der Waals surface area contributed by atoms with Crippen molar-refractivity contribution in [3.05, 3.63) is 0 Å². The van der Waals surface area contributed by atoms with Gasteiger partial charge in [0.15, 0.2) is 0 Å². The molecule has 5 heteroatoms. The zero-order chi connectivity index (χ0) is 13.1.